The molecule has 14 heavy (non-hydrogen) atoms. The van der Waals surface area contributed by atoms with Crippen molar-refractivity contribution in [3.63, 3.8) is 0 Å². The van der Waals surface area contributed by atoms with Crippen LogP contribution in [0.15, 0.2) is 18.2 Å². The first-order valence-corrected chi connectivity index (χ1v) is 4.44. The van der Waals surface area contributed by atoms with Crippen molar-refractivity contribution in [2.45, 2.75) is 6.42 Å². The van der Waals surface area contributed by atoms with E-state index >= 15 is 0 Å². The highest BCUT2D eigenvalue weighted by molar-refractivity contribution is 6.33. The van der Waals surface area contributed by atoms with Gasteiger partial charge in [0.15, 0.2) is 0 Å². The number of primary amides is 1. The van der Waals surface area contributed by atoms with E-state index < -0.39 is 11.7 Å². The summed E-state index contributed by atoms with van der Waals surface area (Å²) in [7, 11) is 0. The van der Waals surface area contributed by atoms with Gasteiger partial charge in [0.2, 0.25) is 5.91 Å². The molecule has 0 unspecified atom stereocenters. The number of rotatable bonds is 4. The largest absolute Gasteiger partial charge is 0.383 e. The molecule has 0 bridgehead atoms. The van der Waals surface area contributed by atoms with E-state index in [0.717, 1.165) is 0 Å². The zero-order valence-corrected chi connectivity index (χ0v) is 8.14. The summed E-state index contributed by atoms with van der Waals surface area (Å²) in [6.07, 6.45) is 0.216. The summed E-state index contributed by atoms with van der Waals surface area (Å²) < 4.78 is 12.6. The predicted molar refractivity (Wildman–Crippen MR) is 53.7 cm³/mol. The van der Waals surface area contributed by atoms with Gasteiger partial charge in [-0.1, -0.05) is 11.6 Å². The minimum absolute atomic E-state index is 0.216. The van der Waals surface area contributed by atoms with Crippen LogP contribution in [0.1, 0.15) is 6.42 Å². The van der Waals surface area contributed by atoms with E-state index in [1.165, 1.54) is 18.2 Å². The highest BCUT2D eigenvalue weighted by atomic mass is 35.5. The zero-order chi connectivity index (χ0) is 10.6. The smallest absolute Gasteiger partial charge is 0.219 e. The van der Waals surface area contributed by atoms with Gasteiger partial charge in [0.05, 0.1) is 10.7 Å². The average molecular weight is 217 g/mol. The Labute approximate surface area is 86.0 Å². The fraction of sp³-hybridized carbons (Fsp3) is 0.222. The van der Waals surface area contributed by atoms with Gasteiger partial charge in [0.25, 0.3) is 0 Å². The van der Waals surface area contributed by atoms with Gasteiger partial charge in [0.1, 0.15) is 5.82 Å². The molecule has 0 aliphatic rings. The molecule has 1 aromatic carbocycles. The predicted octanol–water partition coefficient (Wildman–Crippen LogP) is 1.77. The Balaban J connectivity index is 2.55. The monoisotopic (exact) mass is 216 g/mol. The quantitative estimate of drug-likeness (QED) is 0.806. The van der Waals surface area contributed by atoms with Gasteiger partial charge in [-0.3, -0.25) is 4.79 Å². The van der Waals surface area contributed by atoms with Crippen LogP contribution >= 0.6 is 11.6 Å². The van der Waals surface area contributed by atoms with E-state index in [2.05, 4.69) is 5.32 Å². The second-order valence-electron chi connectivity index (χ2n) is 2.77. The summed E-state index contributed by atoms with van der Waals surface area (Å²) in [6, 6.07) is 4.01. The third-order valence-electron chi connectivity index (χ3n) is 1.62. The molecule has 1 rings (SSSR count). The van der Waals surface area contributed by atoms with E-state index in [1.54, 1.807) is 0 Å². The summed E-state index contributed by atoms with van der Waals surface area (Å²) >= 11 is 5.73. The number of hydrogen-bond acceptors (Lipinski definition) is 2. The SMILES string of the molecule is NC(=O)CCNc1ccc(F)cc1Cl. The number of nitrogens with one attached hydrogen (secondary N) is 1. The van der Waals surface area contributed by atoms with Crippen molar-refractivity contribution >= 4 is 23.2 Å². The van der Waals surface area contributed by atoms with Crippen molar-refractivity contribution in [2.24, 2.45) is 5.73 Å². The summed E-state index contributed by atoms with van der Waals surface area (Å²) in [4.78, 5) is 10.4. The number of anilines is 1. The van der Waals surface area contributed by atoms with Crippen LogP contribution in [0.2, 0.25) is 5.02 Å². The van der Waals surface area contributed by atoms with Crippen molar-refractivity contribution < 1.29 is 9.18 Å². The molecule has 3 N–H and O–H groups in total. The van der Waals surface area contributed by atoms with Gasteiger partial charge >= 0.3 is 0 Å². The van der Waals surface area contributed by atoms with Crippen molar-refractivity contribution in [3.8, 4) is 0 Å². The van der Waals surface area contributed by atoms with Crippen LogP contribution < -0.4 is 11.1 Å². The molecule has 1 aromatic rings. The summed E-state index contributed by atoms with van der Waals surface area (Å²) in [5.41, 5.74) is 5.54. The minimum Gasteiger partial charge on any atom is -0.383 e. The van der Waals surface area contributed by atoms with Crippen molar-refractivity contribution in [1.82, 2.24) is 0 Å². The molecule has 0 aliphatic heterocycles. The van der Waals surface area contributed by atoms with Gasteiger partial charge in [-0.2, -0.15) is 0 Å². The van der Waals surface area contributed by atoms with Crippen LogP contribution in [0.4, 0.5) is 10.1 Å². The average Bonchev–Trinajstić information content (AvgIpc) is 2.08. The van der Waals surface area contributed by atoms with E-state index in [-0.39, 0.29) is 11.4 Å². The Hall–Kier alpha value is -1.29. The topological polar surface area (TPSA) is 55.1 Å². The molecule has 0 atom stereocenters. The maximum absolute atomic E-state index is 12.6. The Kier molecular flexibility index (Phi) is 3.71. The van der Waals surface area contributed by atoms with Crippen LogP contribution in [-0.4, -0.2) is 12.5 Å². The number of carbonyl (C=O) groups is 1. The molecule has 1 amide bonds. The number of carbonyl (C=O) groups excluding carboxylic acids is 1. The van der Waals surface area contributed by atoms with Crippen LogP contribution in [-0.2, 0) is 4.79 Å². The lowest BCUT2D eigenvalue weighted by Gasteiger charge is -2.06. The van der Waals surface area contributed by atoms with Crippen molar-refractivity contribution in [1.29, 1.82) is 0 Å². The molecule has 3 nitrogen and oxygen atoms in total. The highest BCUT2D eigenvalue weighted by Crippen LogP contribution is 2.21. The fourth-order valence-electron chi connectivity index (χ4n) is 0.953. The molecule has 5 heteroatoms. The second kappa shape index (κ2) is 4.81. The molecule has 0 aliphatic carbocycles. The third-order valence-corrected chi connectivity index (χ3v) is 1.93. The molecule has 0 aromatic heterocycles. The Morgan fingerprint density at radius 3 is 2.86 bits per heavy atom. The molecule has 0 radical (unpaired) electrons. The van der Waals surface area contributed by atoms with E-state index in [9.17, 15) is 9.18 Å². The summed E-state index contributed by atoms with van der Waals surface area (Å²) in [5.74, 6) is -0.786. The van der Waals surface area contributed by atoms with Gasteiger partial charge in [-0.05, 0) is 18.2 Å². The summed E-state index contributed by atoms with van der Waals surface area (Å²) in [6.45, 7) is 0.390. The van der Waals surface area contributed by atoms with E-state index in [1.807, 2.05) is 0 Å². The van der Waals surface area contributed by atoms with Crippen LogP contribution in [0.25, 0.3) is 0 Å². The van der Waals surface area contributed by atoms with Crippen LogP contribution in [0, 0.1) is 5.82 Å². The molecule has 0 fully saturated rings. The first-order valence-electron chi connectivity index (χ1n) is 4.07. The number of hydrogen-bond donors (Lipinski definition) is 2. The first kappa shape index (κ1) is 10.8. The van der Waals surface area contributed by atoms with Gasteiger partial charge in [-0.25, -0.2) is 4.39 Å². The first-order chi connectivity index (χ1) is 6.59. The summed E-state index contributed by atoms with van der Waals surface area (Å²) in [5, 5.41) is 3.16. The van der Waals surface area contributed by atoms with Crippen LogP contribution in [0.5, 0.6) is 0 Å². The molecule has 76 valence electrons. The Bertz CT molecular complexity index is 344. The molecular formula is C9H10ClFN2O. The Morgan fingerprint density at radius 1 is 1.57 bits per heavy atom. The Morgan fingerprint density at radius 2 is 2.29 bits per heavy atom. The van der Waals surface area contributed by atoms with Gasteiger partial charge < -0.3 is 11.1 Å². The third kappa shape index (κ3) is 3.22. The highest BCUT2D eigenvalue weighted by Gasteiger charge is 2.01. The molecular weight excluding hydrogens is 207 g/mol. The number of benzene rings is 1. The number of halogens is 2. The molecule has 0 spiro atoms. The minimum atomic E-state index is -0.393. The van der Waals surface area contributed by atoms with Gasteiger partial charge in [0, 0.05) is 13.0 Å². The van der Waals surface area contributed by atoms with Crippen molar-refractivity contribution in [2.75, 3.05) is 11.9 Å². The van der Waals surface area contributed by atoms with E-state index in [4.69, 9.17) is 17.3 Å². The molecule has 0 saturated heterocycles. The lowest BCUT2D eigenvalue weighted by Crippen LogP contribution is -2.15. The maximum Gasteiger partial charge on any atom is 0.219 e. The van der Waals surface area contributed by atoms with E-state index in [0.29, 0.717) is 12.2 Å². The van der Waals surface area contributed by atoms with Gasteiger partial charge in [-0.15, -0.1) is 0 Å². The fourth-order valence-corrected chi connectivity index (χ4v) is 1.19. The lowest BCUT2D eigenvalue weighted by molar-refractivity contribution is -0.117. The second-order valence-corrected chi connectivity index (χ2v) is 3.17. The normalized spacial score (nSPS) is 9.86. The lowest BCUT2D eigenvalue weighted by atomic mass is 10.3. The zero-order valence-electron chi connectivity index (χ0n) is 7.39. The molecule has 0 saturated carbocycles. The molecule has 0 heterocycles. The standard InChI is InChI=1S/C9H10ClFN2O/c10-7-5-6(11)1-2-8(7)13-4-3-9(12)14/h1-2,5,13H,3-4H2,(H2,12,14). The number of nitrogens with two attached hydrogens (primary N) is 1. The number of amides is 1. The maximum atomic E-state index is 12.6. The van der Waals surface area contributed by atoms with Crippen LogP contribution in [0.3, 0.4) is 0 Å². The van der Waals surface area contributed by atoms with Crippen molar-refractivity contribution in [3.05, 3.63) is 29.0 Å².